The molecule has 6 nitrogen and oxygen atoms in total. The van der Waals surface area contributed by atoms with Crippen LogP contribution in [-0.2, 0) is 6.61 Å². The minimum atomic E-state index is 0. The number of halogens is 2. The number of aromatic nitrogens is 3. The fourth-order valence-electron chi connectivity index (χ4n) is 2.25. The van der Waals surface area contributed by atoms with Crippen LogP contribution in [-0.4, -0.2) is 34.1 Å². The van der Waals surface area contributed by atoms with Gasteiger partial charge in [0.1, 0.15) is 6.61 Å². The normalized spacial score (nSPS) is 16.6. The summed E-state index contributed by atoms with van der Waals surface area (Å²) < 4.78 is 5.79. The Kier molecular flexibility index (Phi) is 7.31. The van der Waals surface area contributed by atoms with E-state index >= 15 is 0 Å². The molecule has 22 heavy (non-hydrogen) atoms. The van der Waals surface area contributed by atoms with Crippen LogP contribution < -0.4 is 15.4 Å². The van der Waals surface area contributed by atoms with Crippen molar-refractivity contribution in [3.63, 3.8) is 0 Å². The van der Waals surface area contributed by atoms with E-state index in [1.807, 2.05) is 12.1 Å². The summed E-state index contributed by atoms with van der Waals surface area (Å²) in [4.78, 5) is 14.8. The van der Waals surface area contributed by atoms with Gasteiger partial charge in [0.05, 0.1) is 0 Å². The summed E-state index contributed by atoms with van der Waals surface area (Å²) in [5.41, 5.74) is 6.99. The molecule has 0 bridgehead atoms. The highest BCUT2D eigenvalue weighted by molar-refractivity contribution is 5.85. The van der Waals surface area contributed by atoms with Crippen LogP contribution in [0.3, 0.4) is 0 Å². The second-order valence-corrected chi connectivity index (χ2v) is 4.82. The maximum atomic E-state index is 5.94. The quantitative estimate of drug-likeness (QED) is 0.912. The van der Waals surface area contributed by atoms with E-state index in [1.54, 1.807) is 24.8 Å². The first-order valence-corrected chi connectivity index (χ1v) is 6.66. The van der Waals surface area contributed by atoms with Crippen molar-refractivity contribution < 1.29 is 4.74 Å². The van der Waals surface area contributed by atoms with Crippen LogP contribution in [0.2, 0.25) is 0 Å². The van der Waals surface area contributed by atoms with Gasteiger partial charge in [0.2, 0.25) is 0 Å². The van der Waals surface area contributed by atoms with Crippen molar-refractivity contribution >= 4 is 30.6 Å². The summed E-state index contributed by atoms with van der Waals surface area (Å²) in [5, 5.41) is 0. The minimum absolute atomic E-state index is 0. The molecule has 0 amide bonds. The van der Waals surface area contributed by atoms with Gasteiger partial charge in [-0.15, -0.1) is 24.8 Å². The third-order valence-corrected chi connectivity index (χ3v) is 3.30. The maximum absolute atomic E-state index is 5.94. The number of hydrogen-bond acceptors (Lipinski definition) is 6. The van der Waals surface area contributed by atoms with Crippen LogP contribution in [0.4, 0.5) is 5.82 Å². The smallest absolute Gasteiger partial charge is 0.257 e. The lowest BCUT2D eigenvalue weighted by Gasteiger charge is -2.19. The lowest BCUT2D eigenvalue weighted by Crippen LogP contribution is -2.27. The van der Waals surface area contributed by atoms with Crippen LogP contribution in [0.1, 0.15) is 12.0 Å². The van der Waals surface area contributed by atoms with E-state index in [4.69, 9.17) is 10.5 Å². The molecule has 8 heteroatoms. The Bertz CT molecular complexity index is 572. The molecule has 1 aliphatic heterocycles. The number of ether oxygens (including phenoxy) is 1. The van der Waals surface area contributed by atoms with E-state index in [9.17, 15) is 0 Å². The number of nitrogens with zero attached hydrogens (tertiary/aromatic N) is 4. The van der Waals surface area contributed by atoms with Crippen LogP contribution in [0.25, 0.3) is 0 Å². The molecule has 1 unspecified atom stereocenters. The van der Waals surface area contributed by atoms with Gasteiger partial charge >= 0.3 is 0 Å². The van der Waals surface area contributed by atoms with Crippen molar-refractivity contribution in [1.29, 1.82) is 0 Å². The van der Waals surface area contributed by atoms with Gasteiger partial charge in [-0.25, -0.2) is 9.97 Å². The van der Waals surface area contributed by atoms with Gasteiger partial charge in [0.25, 0.3) is 5.88 Å². The van der Waals surface area contributed by atoms with Gasteiger partial charge < -0.3 is 15.4 Å². The van der Waals surface area contributed by atoms with Crippen LogP contribution in [0.15, 0.2) is 36.9 Å². The third-order valence-electron chi connectivity index (χ3n) is 3.30. The molecule has 2 aromatic heterocycles. The van der Waals surface area contributed by atoms with Crippen molar-refractivity contribution in [3.8, 4) is 5.88 Å². The zero-order chi connectivity index (χ0) is 13.8. The Morgan fingerprint density at radius 2 is 1.86 bits per heavy atom. The van der Waals surface area contributed by atoms with Crippen molar-refractivity contribution in [1.82, 2.24) is 15.0 Å². The molecule has 0 spiro atoms. The van der Waals surface area contributed by atoms with Gasteiger partial charge in [0, 0.05) is 43.9 Å². The van der Waals surface area contributed by atoms with E-state index in [1.165, 1.54) is 0 Å². The lowest BCUT2D eigenvalue weighted by molar-refractivity contribution is 0.293. The van der Waals surface area contributed by atoms with E-state index in [-0.39, 0.29) is 30.9 Å². The van der Waals surface area contributed by atoms with Crippen LogP contribution >= 0.6 is 24.8 Å². The fraction of sp³-hybridized carbons (Fsp3) is 0.357. The molecule has 2 aromatic rings. The number of nitrogens with two attached hydrogens (primary N) is 1. The Morgan fingerprint density at radius 1 is 1.14 bits per heavy atom. The average Bonchev–Trinajstić information content (AvgIpc) is 2.93. The molecule has 1 atom stereocenters. The van der Waals surface area contributed by atoms with Gasteiger partial charge in [-0.05, 0) is 24.1 Å². The van der Waals surface area contributed by atoms with Crippen LogP contribution in [0.5, 0.6) is 5.88 Å². The molecule has 3 rings (SSSR count). The van der Waals surface area contributed by atoms with E-state index in [0.717, 1.165) is 30.9 Å². The molecule has 0 radical (unpaired) electrons. The van der Waals surface area contributed by atoms with Gasteiger partial charge in [-0.2, -0.15) is 0 Å². The highest BCUT2D eigenvalue weighted by Crippen LogP contribution is 2.26. The average molecular weight is 344 g/mol. The zero-order valence-corrected chi connectivity index (χ0v) is 13.6. The molecule has 3 heterocycles. The van der Waals surface area contributed by atoms with Gasteiger partial charge in [-0.1, -0.05) is 0 Å². The summed E-state index contributed by atoms with van der Waals surface area (Å²) in [7, 11) is 0. The SMILES string of the molecule is Cl.Cl.NC1CCN(c2nccnc2OCc2ccncc2)C1. The number of anilines is 1. The Morgan fingerprint density at radius 3 is 2.55 bits per heavy atom. The molecule has 120 valence electrons. The molecule has 2 N–H and O–H groups in total. The number of rotatable bonds is 4. The second kappa shape index (κ2) is 8.73. The van der Waals surface area contributed by atoms with Gasteiger partial charge in [-0.3, -0.25) is 4.98 Å². The monoisotopic (exact) mass is 343 g/mol. The Hall–Kier alpha value is -1.63. The molecule has 1 saturated heterocycles. The summed E-state index contributed by atoms with van der Waals surface area (Å²) in [5.74, 6) is 1.33. The predicted octanol–water partition coefficient (Wildman–Crippen LogP) is 1.83. The number of hydrogen-bond donors (Lipinski definition) is 1. The summed E-state index contributed by atoms with van der Waals surface area (Å²) in [6.07, 6.45) is 7.78. The Balaban J connectivity index is 0.00000121. The molecule has 1 fully saturated rings. The summed E-state index contributed by atoms with van der Waals surface area (Å²) in [6.45, 7) is 2.14. The topological polar surface area (TPSA) is 77.2 Å². The molecule has 1 aliphatic rings. The largest absolute Gasteiger partial charge is 0.470 e. The molecule has 0 saturated carbocycles. The second-order valence-electron chi connectivity index (χ2n) is 4.82. The third kappa shape index (κ3) is 4.43. The lowest BCUT2D eigenvalue weighted by atomic mass is 10.3. The maximum Gasteiger partial charge on any atom is 0.257 e. The van der Waals surface area contributed by atoms with Crippen molar-refractivity contribution in [2.24, 2.45) is 5.73 Å². The molecule has 0 aliphatic carbocycles. The van der Waals surface area contributed by atoms with E-state index in [2.05, 4.69) is 19.9 Å². The Labute approximate surface area is 141 Å². The zero-order valence-electron chi connectivity index (χ0n) is 12.0. The first kappa shape index (κ1) is 18.4. The first-order chi connectivity index (χ1) is 9.83. The highest BCUT2D eigenvalue weighted by atomic mass is 35.5. The molecular formula is C14H19Cl2N5O. The fourth-order valence-corrected chi connectivity index (χ4v) is 2.25. The predicted molar refractivity (Wildman–Crippen MR) is 89.9 cm³/mol. The van der Waals surface area contributed by atoms with Crippen molar-refractivity contribution in [3.05, 3.63) is 42.5 Å². The summed E-state index contributed by atoms with van der Waals surface area (Å²) in [6, 6.07) is 4.04. The van der Waals surface area contributed by atoms with Crippen molar-refractivity contribution in [2.45, 2.75) is 19.1 Å². The molecular weight excluding hydrogens is 325 g/mol. The van der Waals surface area contributed by atoms with E-state index < -0.39 is 0 Å². The van der Waals surface area contributed by atoms with Crippen LogP contribution in [0, 0.1) is 0 Å². The van der Waals surface area contributed by atoms with Crippen molar-refractivity contribution in [2.75, 3.05) is 18.0 Å². The molecule has 0 aromatic carbocycles. The minimum Gasteiger partial charge on any atom is -0.470 e. The first-order valence-electron chi connectivity index (χ1n) is 6.66. The number of pyridine rings is 1. The van der Waals surface area contributed by atoms with Gasteiger partial charge in [0.15, 0.2) is 5.82 Å². The standard InChI is InChI=1S/C14H17N5O.2ClH/c15-12-3-8-19(9-12)13-14(18-7-6-17-13)20-10-11-1-4-16-5-2-11;;/h1-2,4-7,12H,3,8-10,15H2;2*1H. The highest BCUT2D eigenvalue weighted by Gasteiger charge is 2.23. The van der Waals surface area contributed by atoms with E-state index in [0.29, 0.717) is 12.5 Å². The summed E-state index contributed by atoms with van der Waals surface area (Å²) >= 11 is 0.